The summed E-state index contributed by atoms with van der Waals surface area (Å²) in [6.07, 6.45) is 0.437. The van der Waals surface area contributed by atoms with E-state index in [2.05, 4.69) is 20.0 Å². The minimum absolute atomic E-state index is 0.214. The van der Waals surface area contributed by atoms with Gasteiger partial charge in [0.05, 0.1) is 5.69 Å². The molecular formula is C21H25FN6O3S. The number of halogens is 1. The van der Waals surface area contributed by atoms with Gasteiger partial charge in [0.25, 0.3) is 0 Å². The van der Waals surface area contributed by atoms with Crippen molar-refractivity contribution >= 4 is 34.2 Å². The Morgan fingerprint density at radius 2 is 1.97 bits per heavy atom. The molecule has 3 fully saturated rings. The van der Waals surface area contributed by atoms with E-state index in [4.69, 9.17) is 4.74 Å². The number of aromatic nitrogens is 2. The quantitative estimate of drug-likeness (QED) is 0.678. The van der Waals surface area contributed by atoms with Crippen LogP contribution >= 0.6 is 11.3 Å². The van der Waals surface area contributed by atoms with E-state index in [1.165, 1.54) is 41.7 Å². The van der Waals surface area contributed by atoms with E-state index in [9.17, 15) is 14.0 Å². The molecule has 1 aromatic heterocycles. The third-order valence-electron chi connectivity index (χ3n) is 6.22. The van der Waals surface area contributed by atoms with Crippen LogP contribution < -0.4 is 9.80 Å². The summed E-state index contributed by atoms with van der Waals surface area (Å²) < 4.78 is 19.5. The maximum atomic E-state index is 13.9. The van der Waals surface area contributed by atoms with E-state index in [0.717, 1.165) is 10.1 Å². The molecule has 2 amide bonds. The van der Waals surface area contributed by atoms with Crippen molar-refractivity contribution in [2.24, 2.45) is 0 Å². The number of rotatable bonds is 5. The number of carbonyl (C=O) groups is 2. The summed E-state index contributed by atoms with van der Waals surface area (Å²) in [5.74, 6) is -0.0779. The number of anilines is 2. The molecule has 2 saturated heterocycles. The van der Waals surface area contributed by atoms with Gasteiger partial charge in [0.15, 0.2) is 6.17 Å². The number of cyclic esters (lactones) is 1. The van der Waals surface area contributed by atoms with Crippen molar-refractivity contribution in [2.75, 3.05) is 43.0 Å². The molecule has 11 heteroatoms. The van der Waals surface area contributed by atoms with Gasteiger partial charge in [-0.3, -0.25) is 14.6 Å². The first-order valence-electron chi connectivity index (χ1n) is 10.7. The smallest absolute Gasteiger partial charge is 0.417 e. The number of carbonyl (C=O) groups excluding carboxylic acids is 2. The minimum atomic E-state index is -0.794. The summed E-state index contributed by atoms with van der Waals surface area (Å²) in [5, 5.41) is 10.7. The molecule has 3 heterocycles. The maximum Gasteiger partial charge on any atom is 0.417 e. The zero-order valence-corrected chi connectivity index (χ0v) is 18.8. The molecule has 2 unspecified atom stereocenters. The van der Waals surface area contributed by atoms with Crippen LogP contribution in [0.15, 0.2) is 24.3 Å². The lowest BCUT2D eigenvalue weighted by Gasteiger charge is -2.42. The molecule has 5 rings (SSSR count). The number of hydrogen-bond donors (Lipinski definition) is 0. The summed E-state index contributed by atoms with van der Waals surface area (Å²) in [6.45, 7) is 4.11. The van der Waals surface area contributed by atoms with E-state index in [-0.39, 0.29) is 5.91 Å². The van der Waals surface area contributed by atoms with Gasteiger partial charge in [-0.05, 0) is 31.0 Å². The van der Waals surface area contributed by atoms with Crippen LogP contribution in [0.4, 0.5) is 20.0 Å². The van der Waals surface area contributed by atoms with Crippen LogP contribution in [0.25, 0.3) is 0 Å². The highest BCUT2D eigenvalue weighted by atomic mass is 32.1. The SMILES string of the molecule is CC(=O)N(C)C1OC(=O)N(c2cccc(F)c2)C1N1CCN(c2nnc(C3CC3)s2)CC1. The Balaban J connectivity index is 1.37. The van der Waals surface area contributed by atoms with E-state index in [1.807, 2.05) is 0 Å². The van der Waals surface area contributed by atoms with Crippen molar-refractivity contribution < 1.29 is 18.7 Å². The van der Waals surface area contributed by atoms with Gasteiger partial charge in [0.1, 0.15) is 10.8 Å². The lowest BCUT2D eigenvalue weighted by Crippen LogP contribution is -2.60. The Hall–Kier alpha value is -2.79. The molecule has 9 nitrogen and oxygen atoms in total. The van der Waals surface area contributed by atoms with Crippen LogP contribution in [-0.4, -0.2) is 77.6 Å². The Morgan fingerprint density at radius 1 is 1.22 bits per heavy atom. The number of benzene rings is 1. The molecule has 2 aliphatic heterocycles. The van der Waals surface area contributed by atoms with Crippen molar-refractivity contribution in [2.45, 2.75) is 38.1 Å². The van der Waals surface area contributed by atoms with E-state index >= 15 is 0 Å². The van der Waals surface area contributed by atoms with Crippen LogP contribution in [0.3, 0.4) is 0 Å². The predicted molar refractivity (Wildman–Crippen MR) is 117 cm³/mol. The third-order valence-corrected chi connectivity index (χ3v) is 7.36. The fourth-order valence-corrected chi connectivity index (χ4v) is 5.23. The molecule has 1 aromatic carbocycles. The zero-order valence-electron chi connectivity index (χ0n) is 18.0. The minimum Gasteiger partial charge on any atom is -0.421 e. The molecule has 2 aromatic rings. The van der Waals surface area contributed by atoms with Crippen molar-refractivity contribution in [3.63, 3.8) is 0 Å². The number of nitrogens with zero attached hydrogens (tertiary/aromatic N) is 6. The van der Waals surface area contributed by atoms with Gasteiger partial charge in [0, 0.05) is 46.1 Å². The van der Waals surface area contributed by atoms with Crippen molar-refractivity contribution in [3.05, 3.63) is 35.1 Å². The average molecular weight is 461 g/mol. The fourth-order valence-electron chi connectivity index (χ4n) is 4.17. The van der Waals surface area contributed by atoms with Gasteiger partial charge < -0.3 is 14.5 Å². The van der Waals surface area contributed by atoms with Crippen molar-refractivity contribution in [1.29, 1.82) is 0 Å². The number of piperazine rings is 1. The highest BCUT2D eigenvalue weighted by molar-refractivity contribution is 7.15. The highest BCUT2D eigenvalue weighted by Crippen LogP contribution is 2.42. The topological polar surface area (TPSA) is 82.1 Å². The first-order valence-corrected chi connectivity index (χ1v) is 11.6. The second-order valence-corrected chi connectivity index (χ2v) is 9.38. The monoisotopic (exact) mass is 460 g/mol. The van der Waals surface area contributed by atoms with Crippen LogP contribution in [-0.2, 0) is 9.53 Å². The number of ether oxygens (including phenoxy) is 1. The molecule has 2 atom stereocenters. The summed E-state index contributed by atoms with van der Waals surface area (Å²) in [6, 6.07) is 5.86. The van der Waals surface area contributed by atoms with Crippen LogP contribution in [0, 0.1) is 5.82 Å². The van der Waals surface area contributed by atoms with E-state index in [1.54, 1.807) is 30.5 Å². The molecule has 0 bridgehead atoms. The molecule has 32 heavy (non-hydrogen) atoms. The lowest BCUT2D eigenvalue weighted by atomic mass is 10.2. The average Bonchev–Trinajstić information content (AvgIpc) is 3.41. The van der Waals surface area contributed by atoms with Gasteiger partial charge in [-0.1, -0.05) is 17.4 Å². The van der Waals surface area contributed by atoms with Crippen molar-refractivity contribution in [3.8, 4) is 0 Å². The normalized spacial score (nSPS) is 24.0. The Bertz CT molecular complexity index is 1020. The molecule has 0 N–H and O–H groups in total. The number of amides is 2. The summed E-state index contributed by atoms with van der Waals surface area (Å²) >= 11 is 1.65. The molecule has 1 aliphatic carbocycles. The number of hydrogen-bond acceptors (Lipinski definition) is 8. The van der Waals surface area contributed by atoms with E-state index in [0.29, 0.717) is 37.8 Å². The fraction of sp³-hybridized carbons (Fsp3) is 0.524. The lowest BCUT2D eigenvalue weighted by molar-refractivity contribution is -0.137. The molecule has 0 radical (unpaired) electrons. The summed E-state index contributed by atoms with van der Waals surface area (Å²) in [5.41, 5.74) is 0.403. The molecular weight excluding hydrogens is 435 g/mol. The Labute approximate surface area is 189 Å². The molecule has 1 saturated carbocycles. The van der Waals surface area contributed by atoms with E-state index < -0.39 is 24.3 Å². The van der Waals surface area contributed by atoms with Gasteiger partial charge in [0.2, 0.25) is 17.3 Å². The number of likely N-dealkylation sites (N-methyl/N-ethyl adjacent to an activating group) is 1. The second-order valence-electron chi connectivity index (χ2n) is 8.39. The Kier molecular flexibility index (Phi) is 5.46. The summed E-state index contributed by atoms with van der Waals surface area (Å²) in [7, 11) is 1.61. The zero-order chi connectivity index (χ0) is 22.4. The van der Waals surface area contributed by atoms with Gasteiger partial charge in [-0.25, -0.2) is 9.18 Å². The molecule has 3 aliphatic rings. The maximum absolute atomic E-state index is 13.9. The molecule has 0 spiro atoms. The van der Waals surface area contributed by atoms with Crippen LogP contribution in [0.2, 0.25) is 0 Å². The first kappa shape index (κ1) is 21.1. The highest BCUT2D eigenvalue weighted by Gasteiger charge is 2.49. The third kappa shape index (κ3) is 3.90. The predicted octanol–water partition coefficient (Wildman–Crippen LogP) is 2.46. The molecule has 170 valence electrons. The summed E-state index contributed by atoms with van der Waals surface area (Å²) in [4.78, 5) is 32.1. The largest absolute Gasteiger partial charge is 0.421 e. The second kappa shape index (κ2) is 8.28. The van der Waals surface area contributed by atoms with Crippen LogP contribution in [0.5, 0.6) is 0 Å². The Morgan fingerprint density at radius 3 is 2.62 bits per heavy atom. The van der Waals surface area contributed by atoms with Gasteiger partial charge in [-0.2, -0.15) is 0 Å². The van der Waals surface area contributed by atoms with Gasteiger partial charge >= 0.3 is 6.09 Å². The standard InChI is InChI=1S/C21H25FN6O3S/c1-13(29)25(2)19-18(28(21(30)31-19)16-5-3-4-15(22)12-16)26-8-10-27(11-9-26)20-24-23-17(32-20)14-6-7-14/h3-5,12,14,18-19H,6-11H2,1-2H3. The van der Waals surface area contributed by atoms with Crippen molar-refractivity contribution in [1.82, 2.24) is 20.0 Å². The first-order chi connectivity index (χ1) is 15.4. The van der Waals surface area contributed by atoms with Gasteiger partial charge in [-0.15, -0.1) is 10.2 Å². The van der Waals surface area contributed by atoms with Crippen LogP contribution in [0.1, 0.15) is 30.7 Å².